The first-order valence-corrected chi connectivity index (χ1v) is 9.18. The predicted molar refractivity (Wildman–Crippen MR) is 106 cm³/mol. The van der Waals surface area contributed by atoms with Crippen molar-refractivity contribution in [1.29, 1.82) is 0 Å². The van der Waals surface area contributed by atoms with E-state index in [1.54, 1.807) is 38.5 Å². The zero-order valence-electron chi connectivity index (χ0n) is 14.5. The SMILES string of the molecule is COc1cccc(/C=c2\sc3nc(-c4cccc(Cl)c4)nn3c2=O)c1OC. The van der Waals surface area contributed by atoms with Gasteiger partial charge in [-0.3, -0.25) is 4.79 Å². The van der Waals surface area contributed by atoms with Gasteiger partial charge in [0.15, 0.2) is 17.3 Å². The van der Waals surface area contributed by atoms with Crippen LogP contribution in [-0.4, -0.2) is 28.8 Å². The number of methoxy groups -OCH3 is 2. The van der Waals surface area contributed by atoms with Gasteiger partial charge in [0.2, 0.25) is 4.96 Å². The molecule has 6 nitrogen and oxygen atoms in total. The Morgan fingerprint density at radius 1 is 1.15 bits per heavy atom. The van der Waals surface area contributed by atoms with E-state index >= 15 is 0 Å². The lowest BCUT2D eigenvalue weighted by atomic mass is 10.2. The molecule has 27 heavy (non-hydrogen) atoms. The maximum atomic E-state index is 12.7. The lowest BCUT2D eigenvalue weighted by Gasteiger charge is -2.09. The van der Waals surface area contributed by atoms with Gasteiger partial charge in [0, 0.05) is 16.1 Å². The van der Waals surface area contributed by atoms with Gasteiger partial charge in [-0.25, -0.2) is 0 Å². The molecule has 0 aliphatic heterocycles. The Morgan fingerprint density at radius 2 is 1.96 bits per heavy atom. The molecule has 4 aromatic rings. The molecule has 0 atom stereocenters. The Morgan fingerprint density at radius 3 is 2.67 bits per heavy atom. The highest BCUT2D eigenvalue weighted by Crippen LogP contribution is 2.31. The van der Waals surface area contributed by atoms with E-state index in [1.807, 2.05) is 24.3 Å². The number of benzene rings is 2. The van der Waals surface area contributed by atoms with E-state index in [1.165, 1.54) is 15.9 Å². The van der Waals surface area contributed by atoms with Crippen LogP contribution in [0, 0.1) is 0 Å². The van der Waals surface area contributed by atoms with Crippen LogP contribution >= 0.6 is 22.9 Å². The van der Waals surface area contributed by atoms with E-state index in [-0.39, 0.29) is 5.56 Å². The van der Waals surface area contributed by atoms with Gasteiger partial charge in [0.1, 0.15) is 0 Å². The number of para-hydroxylation sites is 1. The molecule has 2 heterocycles. The van der Waals surface area contributed by atoms with E-state index in [9.17, 15) is 4.79 Å². The second-order valence-electron chi connectivity index (χ2n) is 5.64. The Labute approximate surface area is 163 Å². The molecule has 0 spiro atoms. The normalized spacial score (nSPS) is 11.9. The fraction of sp³-hybridized carbons (Fsp3) is 0.105. The minimum Gasteiger partial charge on any atom is -0.493 e. The van der Waals surface area contributed by atoms with Gasteiger partial charge in [-0.2, -0.15) is 9.50 Å². The van der Waals surface area contributed by atoms with Crippen molar-refractivity contribution in [3.05, 3.63) is 67.9 Å². The molecular formula is C19H14ClN3O3S. The summed E-state index contributed by atoms with van der Waals surface area (Å²) in [4.78, 5) is 17.7. The molecule has 0 amide bonds. The Balaban J connectivity index is 1.83. The van der Waals surface area contributed by atoms with Crippen LogP contribution in [0.25, 0.3) is 22.4 Å². The zero-order valence-corrected chi connectivity index (χ0v) is 16.0. The molecule has 0 saturated carbocycles. The summed E-state index contributed by atoms with van der Waals surface area (Å²) in [7, 11) is 3.13. The smallest absolute Gasteiger partial charge is 0.291 e. The molecule has 0 unspecified atom stereocenters. The molecule has 8 heteroatoms. The molecule has 2 aromatic heterocycles. The van der Waals surface area contributed by atoms with Crippen molar-refractivity contribution in [2.75, 3.05) is 14.2 Å². The number of rotatable bonds is 4. The number of fused-ring (bicyclic) bond motifs is 1. The maximum absolute atomic E-state index is 12.7. The summed E-state index contributed by atoms with van der Waals surface area (Å²) in [5.41, 5.74) is 1.27. The average molecular weight is 400 g/mol. The summed E-state index contributed by atoms with van der Waals surface area (Å²) < 4.78 is 12.5. The van der Waals surface area contributed by atoms with Crippen LogP contribution in [0.2, 0.25) is 5.02 Å². The second-order valence-corrected chi connectivity index (χ2v) is 7.08. The molecule has 136 valence electrons. The quantitative estimate of drug-likeness (QED) is 0.527. The third-order valence-corrected chi connectivity index (χ3v) is 5.18. The first-order valence-electron chi connectivity index (χ1n) is 7.99. The highest BCUT2D eigenvalue weighted by atomic mass is 35.5. The monoisotopic (exact) mass is 399 g/mol. The van der Waals surface area contributed by atoms with E-state index in [4.69, 9.17) is 21.1 Å². The summed E-state index contributed by atoms with van der Waals surface area (Å²) in [5.74, 6) is 1.63. The van der Waals surface area contributed by atoms with Gasteiger partial charge >= 0.3 is 0 Å². The van der Waals surface area contributed by atoms with Gasteiger partial charge < -0.3 is 9.47 Å². The summed E-state index contributed by atoms with van der Waals surface area (Å²) in [6.07, 6.45) is 1.75. The van der Waals surface area contributed by atoms with Gasteiger partial charge in [-0.05, 0) is 24.3 Å². The second kappa shape index (κ2) is 7.02. The van der Waals surface area contributed by atoms with Gasteiger partial charge in [-0.15, -0.1) is 5.10 Å². The van der Waals surface area contributed by atoms with Gasteiger partial charge in [0.25, 0.3) is 5.56 Å². The van der Waals surface area contributed by atoms with Crippen molar-refractivity contribution in [2.45, 2.75) is 0 Å². The number of hydrogen-bond acceptors (Lipinski definition) is 6. The Kier molecular flexibility index (Phi) is 4.55. The molecule has 0 aliphatic carbocycles. The van der Waals surface area contributed by atoms with Crippen LogP contribution in [0.3, 0.4) is 0 Å². The molecule has 0 saturated heterocycles. The number of halogens is 1. The topological polar surface area (TPSA) is 65.7 Å². The highest BCUT2D eigenvalue weighted by Gasteiger charge is 2.13. The number of thiazole rings is 1. The third kappa shape index (κ3) is 3.15. The third-order valence-electron chi connectivity index (χ3n) is 3.98. The van der Waals surface area contributed by atoms with Crippen LogP contribution in [0.1, 0.15) is 5.56 Å². The van der Waals surface area contributed by atoms with Crippen molar-refractivity contribution in [3.63, 3.8) is 0 Å². The Hall–Kier alpha value is -2.90. The van der Waals surface area contributed by atoms with Crippen molar-refractivity contribution in [1.82, 2.24) is 14.6 Å². The van der Waals surface area contributed by atoms with Crippen LogP contribution in [-0.2, 0) is 0 Å². The molecule has 0 fully saturated rings. The largest absolute Gasteiger partial charge is 0.493 e. The van der Waals surface area contributed by atoms with Crippen LogP contribution in [0.15, 0.2) is 47.3 Å². The number of hydrogen-bond donors (Lipinski definition) is 0. The molecule has 0 aliphatic rings. The van der Waals surface area contributed by atoms with Crippen molar-refractivity contribution < 1.29 is 9.47 Å². The zero-order chi connectivity index (χ0) is 19.0. The van der Waals surface area contributed by atoms with Gasteiger partial charge in [-0.1, -0.05) is 47.2 Å². The van der Waals surface area contributed by atoms with Crippen molar-refractivity contribution in [3.8, 4) is 22.9 Å². The van der Waals surface area contributed by atoms with Crippen molar-refractivity contribution in [2.24, 2.45) is 0 Å². The number of ether oxygens (including phenoxy) is 2. The van der Waals surface area contributed by atoms with E-state index < -0.39 is 0 Å². The molecule has 2 aromatic carbocycles. The Bertz CT molecular complexity index is 1250. The maximum Gasteiger partial charge on any atom is 0.291 e. The minimum atomic E-state index is -0.236. The summed E-state index contributed by atoms with van der Waals surface area (Å²) in [6.45, 7) is 0. The fourth-order valence-electron chi connectivity index (χ4n) is 2.75. The standard InChI is InChI=1S/C19H14ClN3O3S/c1-25-14-8-4-5-11(16(14)26-2)10-15-18(24)23-19(27-15)21-17(22-23)12-6-3-7-13(20)9-12/h3-10H,1-2H3/b15-10-. The van der Waals surface area contributed by atoms with Crippen molar-refractivity contribution >= 4 is 34.0 Å². The average Bonchev–Trinajstić information content (AvgIpc) is 3.21. The van der Waals surface area contributed by atoms with Crippen LogP contribution < -0.4 is 19.6 Å². The van der Waals surface area contributed by atoms with E-state index in [0.29, 0.717) is 31.8 Å². The van der Waals surface area contributed by atoms with E-state index in [0.717, 1.165) is 11.1 Å². The summed E-state index contributed by atoms with van der Waals surface area (Å²) in [5, 5.41) is 4.92. The number of aromatic nitrogens is 3. The molecule has 0 radical (unpaired) electrons. The van der Waals surface area contributed by atoms with Crippen LogP contribution in [0.4, 0.5) is 0 Å². The first kappa shape index (κ1) is 17.5. The lowest BCUT2D eigenvalue weighted by molar-refractivity contribution is 0.354. The lowest BCUT2D eigenvalue weighted by Crippen LogP contribution is -2.23. The molecule has 4 rings (SSSR count). The fourth-order valence-corrected chi connectivity index (χ4v) is 3.84. The highest BCUT2D eigenvalue weighted by molar-refractivity contribution is 7.15. The summed E-state index contributed by atoms with van der Waals surface area (Å²) >= 11 is 7.28. The van der Waals surface area contributed by atoms with Crippen LogP contribution in [0.5, 0.6) is 11.5 Å². The first-order chi connectivity index (χ1) is 13.1. The van der Waals surface area contributed by atoms with E-state index in [2.05, 4.69) is 10.1 Å². The number of nitrogens with zero attached hydrogens (tertiary/aromatic N) is 3. The van der Waals surface area contributed by atoms with Gasteiger partial charge in [0.05, 0.1) is 18.8 Å². The summed E-state index contributed by atoms with van der Waals surface area (Å²) in [6, 6.07) is 12.7. The molecular weight excluding hydrogens is 386 g/mol. The molecule has 0 bridgehead atoms. The molecule has 0 N–H and O–H groups in total. The predicted octanol–water partition coefficient (Wildman–Crippen LogP) is 3.04. The minimum absolute atomic E-state index is 0.236.